The Kier molecular flexibility index (Phi) is 5.50. The highest BCUT2D eigenvalue weighted by Crippen LogP contribution is 2.32. The molecule has 126 valence electrons. The minimum atomic E-state index is 0.0406. The van der Waals surface area contributed by atoms with Crippen LogP contribution in [-0.2, 0) is 6.54 Å². The molecular formula is C19H25Cl2NO. The first kappa shape index (κ1) is 18.4. The van der Waals surface area contributed by atoms with Crippen molar-refractivity contribution in [3.8, 4) is 11.3 Å². The van der Waals surface area contributed by atoms with Crippen LogP contribution in [0.15, 0.2) is 34.7 Å². The van der Waals surface area contributed by atoms with E-state index in [9.17, 15) is 0 Å². The summed E-state index contributed by atoms with van der Waals surface area (Å²) in [5.41, 5.74) is 1.14. The molecule has 1 heterocycles. The summed E-state index contributed by atoms with van der Waals surface area (Å²) >= 11 is 12.3. The van der Waals surface area contributed by atoms with Crippen molar-refractivity contribution in [2.75, 3.05) is 0 Å². The molecule has 4 heteroatoms. The van der Waals surface area contributed by atoms with Gasteiger partial charge in [0, 0.05) is 16.1 Å². The normalized spacial score (nSPS) is 12.7. The van der Waals surface area contributed by atoms with Gasteiger partial charge in [-0.3, -0.25) is 0 Å². The Morgan fingerprint density at radius 2 is 1.70 bits per heavy atom. The lowest BCUT2D eigenvalue weighted by Crippen LogP contribution is -2.41. The van der Waals surface area contributed by atoms with Gasteiger partial charge in [0.2, 0.25) is 0 Å². The Balaban J connectivity index is 2.07. The number of furan rings is 1. The van der Waals surface area contributed by atoms with E-state index < -0.39 is 0 Å². The molecule has 2 aromatic rings. The molecule has 0 saturated heterocycles. The molecule has 0 aliphatic heterocycles. The van der Waals surface area contributed by atoms with Crippen LogP contribution in [-0.4, -0.2) is 5.54 Å². The molecule has 2 rings (SSSR count). The number of hydrogen-bond acceptors (Lipinski definition) is 2. The van der Waals surface area contributed by atoms with Crippen molar-refractivity contribution in [2.24, 2.45) is 5.41 Å². The summed E-state index contributed by atoms with van der Waals surface area (Å²) < 4.78 is 5.93. The molecule has 23 heavy (non-hydrogen) atoms. The van der Waals surface area contributed by atoms with Crippen LogP contribution in [0.3, 0.4) is 0 Å². The summed E-state index contributed by atoms with van der Waals surface area (Å²) in [6.07, 6.45) is 1.08. The van der Waals surface area contributed by atoms with E-state index in [0.29, 0.717) is 16.6 Å². The topological polar surface area (TPSA) is 25.2 Å². The van der Waals surface area contributed by atoms with Crippen molar-refractivity contribution in [2.45, 2.75) is 53.1 Å². The average molecular weight is 354 g/mol. The smallest absolute Gasteiger partial charge is 0.135 e. The third-order valence-electron chi connectivity index (χ3n) is 3.57. The average Bonchev–Trinajstić information content (AvgIpc) is 2.85. The van der Waals surface area contributed by atoms with Gasteiger partial charge in [0.1, 0.15) is 11.5 Å². The largest absolute Gasteiger partial charge is 0.460 e. The van der Waals surface area contributed by atoms with Crippen molar-refractivity contribution in [1.82, 2.24) is 5.32 Å². The van der Waals surface area contributed by atoms with Crippen LogP contribution in [0.5, 0.6) is 0 Å². The second-order valence-corrected chi connectivity index (χ2v) is 8.71. The zero-order valence-corrected chi connectivity index (χ0v) is 16.0. The molecule has 0 spiro atoms. The van der Waals surface area contributed by atoms with Crippen LogP contribution < -0.4 is 5.32 Å². The van der Waals surface area contributed by atoms with E-state index >= 15 is 0 Å². The Bertz CT molecular complexity index is 668. The monoisotopic (exact) mass is 353 g/mol. The molecule has 0 aliphatic carbocycles. The molecule has 0 atom stereocenters. The molecule has 1 aromatic heterocycles. The summed E-state index contributed by atoms with van der Waals surface area (Å²) in [7, 11) is 0. The predicted molar refractivity (Wildman–Crippen MR) is 99.2 cm³/mol. The van der Waals surface area contributed by atoms with E-state index in [4.69, 9.17) is 27.6 Å². The number of halogens is 2. The lowest BCUT2D eigenvalue weighted by atomic mass is 9.82. The Hall–Kier alpha value is -0.960. The number of nitrogens with one attached hydrogen (secondary N) is 1. The van der Waals surface area contributed by atoms with E-state index in [2.05, 4.69) is 39.9 Å². The van der Waals surface area contributed by atoms with Crippen molar-refractivity contribution >= 4 is 23.2 Å². The van der Waals surface area contributed by atoms with Gasteiger partial charge < -0.3 is 9.73 Å². The van der Waals surface area contributed by atoms with E-state index in [-0.39, 0.29) is 11.0 Å². The maximum absolute atomic E-state index is 6.23. The fraction of sp³-hybridized carbons (Fsp3) is 0.474. The summed E-state index contributed by atoms with van der Waals surface area (Å²) in [5.74, 6) is 1.63. The highest BCUT2D eigenvalue weighted by Gasteiger charge is 2.25. The molecule has 0 saturated carbocycles. The third-order valence-corrected chi connectivity index (χ3v) is 4.13. The fourth-order valence-electron chi connectivity index (χ4n) is 3.02. The second-order valence-electron chi connectivity index (χ2n) is 7.87. The zero-order valence-electron chi connectivity index (χ0n) is 14.5. The van der Waals surface area contributed by atoms with Crippen LogP contribution in [0.25, 0.3) is 11.3 Å². The molecular weight excluding hydrogens is 329 g/mol. The maximum atomic E-state index is 6.23. The van der Waals surface area contributed by atoms with E-state index in [1.807, 2.05) is 18.2 Å². The first-order chi connectivity index (χ1) is 10.6. The van der Waals surface area contributed by atoms with Crippen LogP contribution >= 0.6 is 23.2 Å². The summed E-state index contributed by atoms with van der Waals surface area (Å²) in [6, 6.07) is 9.29. The van der Waals surface area contributed by atoms with Gasteiger partial charge in [0.15, 0.2) is 0 Å². The van der Waals surface area contributed by atoms with Gasteiger partial charge in [-0.05, 0) is 56.0 Å². The second kappa shape index (κ2) is 6.88. The van der Waals surface area contributed by atoms with Gasteiger partial charge in [-0.2, -0.15) is 0 Å². The van der Waals surface area contributed by atoms with Crippen LogP contribution in [0.2, 0.25) is 10.0 Å². The number of hydrogen-bond donors (Lipinski definition) is 1. The van der Waals surface area contributed by atoms with E-state index in [1.165, 1.54) is 0 Å². The first-order valence-electron chi connectivity index (χ1n) is 7.85. The Labute approximate surface area is 149 Å². The molecule has 0 amide bonds. The molecule has 0 radical (unpaired) electrons. The van der Waals surface area contributed by atoms with Crippen molar-refractivity contribution in [3.05, 3.63) is 46.1 Å². The van der Waals surface area contributed by atoms with Crippen molar-refractivity contribution < 1.29 is 4.42 Å². The number of benzene rings is 1. The van der Waals surface area contributed by atoms with Gasteiger partial charge in [-0.15, -0.1) is 0 Å². The van der Waals surface area contributed by atoms with Gasteiger partial charge in [-0.1, -0.05) is 44.0 Å². The minimum Gasteiger partial charge on any atom is -0.460 e. The summed E-state index contributed by atoms with van der Waals surface area (Å²) in [4.78, 5) is 0. The summed E-state index contributed by atoms with van der Waals surface area (Å²) in [5, 5.41) is 4.85. The third kappa shape index (κ3) is 5.56. The fourth-order valence-corrected chi connectivity index (χ4v) is 3.40. The summed E-state index contributed by atoms with van der Waals surface area (Å²) in [6.45, 7) is 11.9. The molecule has 0 fully saturated rings. The molecule has 1 aromatic carbocycles. The lowest BCUT2D eigenvalue weighted by Gasteiger charge is -2.33. The van der Waals surface area contributed by atoms with Gasteiger partial charge in [0.05, 0.1) is 11.6 Å². The Morgan fingerprint density at radius 3 is 2.35 bits per heavy atom. The maximum Gasteiger partial charge on any atom is 0.135 e. The molecule has 0 unspecified atom stereocenters. The van der Waals surface area contributed by atoms with E-state index in [1.54, 1.807) is 12.1 Å². The minimum absolute atomic E-state index is 0.0406. The Morgan fingerprint density at radius 1 is 1.00 bits per heavy atom. The van der Waals surface area contributed by atoms with Crippen LogP contribution in [0.4, 0.5) is 0 Å². The van der Waals surface area contributed by atoms with Crippen molar-refractivity contribution in [1.29, 1.82) is 0 Å². The molecule has 1 N–H and O–H groups in total. The zero-order chi connectivity index (χ0) is 17.3. The van der Waals surface area contributed by atoms with E-state index in [0.717, 1.165) is 23.5 Å². The van der Waals surface area contributed by atoms with Gasteiger partial charge >= 0.3 is 0 Å². The SMILES string of the molecule is CC(C)(C)CC(C)(C)NCc1ccc(-c2cc(Cl)ccc2Cl)o1. The quantitative estimate of drug-likeness (QED) is 0.658. The molecule has 2 nitrogen and oxygen atoms in total. The number of rotatable bonds is 5. The van der Waals surface area contributed by atoms with Crippen LogP contribution in [0.1, 0.15) is 46.8 Å². The highest BCUT2D eigenvalue weighted by molar-refractivity contribution is 6.35. The first-order valence-corrected chi connectivity index (χ1v) is 8.61. The predicted octanol–water partition coefficient (Wildman–Crippen LogP) is 6.56. The van der Waals surface area contributed by atoms with Crippen molar-refractivity contribution in [3.63, 3.8) is 0 Å². The van der Waals surface area contributed by atoms with Gasteiger partial charge in [0.25, 0.3) is 0 Å². The van der Waals surface area contributed by atoms with Crippen LogP contribution in [0, 0.1) is 5.41 Å². The highest BCUT2D eigenvalue weighted by atomic mass is 35.5. The van der Waals surface area contributed by atoms with Gasteiger partial charge in [-0.25, -0.2) is 0 Å². The molecule has 0 bridgehead atoms. The lowest BCUT2D eigenvalue weighted by molar-refractivity contribution is 0.236. The standard InChI is InChI=1S/C19H25Cl2NO/c1-18(2,3)12-19(4,5)22-11-14-7-9-17(23-14)15-10-13(20)6-8-16(15)21/h6-10,22H,11-12H2,1-5H3. The molecule has 0 aliphatic rings.